The molecule has 3 aromatic carbocycles. The maximum absolute atomic E-state index is 4.20. The quantitative estimate of drug-likeness (QED) is 0.320. The number of allylic oxidation sites excluding steroid dienone is 4. The molecule has 0 aromatic heterocycles. The minimum absolute atomic E-state index is 0.292. The second-order valence-electron chi connectivity index (χ2n) is 10.2. The SMILES string of the molecule is CCC(C)[NH][Ti]([CH3])([SiH2]c1ccccc1)[C]1=C(C)C(C)=C(C)C1C.c1ccc(-c2ccccc2)cc1. The summed E-state index contributed by atoms with van der Waals surface area (Å²) in [6, 6.07) is 32.7. The van der Waals surface area contributed by atoms with E-state index in [1.54, 1.807) is 21.9 Å². The van der Waals surface area contributed by atoms with Crippen molar-refractivity contribution in [2.24, 2.45) is 5.92 Å². The molecule has 3 heteroatoms. The van der Waals surface area contributed by atoms with Crippen LogP contribution in [0.1, 0.15) is 48.0 Å². The van der Waals surface area contributed by atoms with Gasteiger partial charge in [0, 0.05) is 0 Å². The van der Waals surface area contributed by atoms with Gasteiger partial charge in [0.15, 0.2) is 0 Å². The van der Waals surface area contributed by atoms with Crippen molar-refractivity contribution in [3.05, 3.63) is 112 Å². The van der Waals surface area contributed by atoms with Crippen molar-refractivity contribution in [3.63, 3.8) is 0 Å². The van der Waals surface area contributed by atoms with Gasteiger partial charge >= 0.3 is 149 Å². The average Bonchev–Trinajstić information content (AvgIpc) is 3.08. The van der Waals surface area contributed by atoms with Crippen LogP contribution in [0.4, 0.5) is 0 Å². The largest absolute Gasteiger partial charge is 0.0622 e. The van der Waals surface area contributed by atoms with E-state index in [1.165, 1.54) is 17.5 Å². The normalized spacial score (nSPS) is 18.4. The molecule has 0 radical (unpaired) electrons. The Hall–Kier alpha value is -1.97. The Morgan fingerprint density at radius 2 is 1.23 bits per heavy atom. The zero-order chi connectivity index (χ0) is 25.4. The summed E-state index contributed by atoms with van der Waals surface area (Å²) in [6.07, 6.45) is 1.22. The van der Waals surface area contributed by atoms with Crippen molar-refractivity contribution in [1.82, 2.24) is 3.80 Å². The zero-order valence-corrected chi connectivity index (χ0v) is 25.7. The average molecular weight is 518 g/mol. The Morgan fingerprint density at radius 3 is 1.63 bits per heavy atom. The summed E-state index contributed by atoms with van der Waals surface area (Å²) in [5.41, 5.74) is 7.31. The first kappa shape index (κ1) is 27.6. The van der Waals surface area contributed by atoms with Crippen LogP contribution in [-0.4, -0.2) is 13.4 Å². The van der Waals surface area contributed by atoms with E-state index < -0.39 is 16.1 Å². The first-order chi connectivity index (χ1) is 16.8. The van der Waals surface area contributed by atoms with Crippen molar-refractivity contribution in [2.75, 3.05) is 0 Å². The number of rotatable bonds is 7. The van der Waals surface area contributed by atoms with Gasteiger partial charge in [-0.2, -0.15) is 0 Å². The van der Waals surface area contributed by atoms with Crippen molar-refractivity contribution in [2.45, 2.75) is 59.2 Å². The van der Waals surface area contributed by atoms with Crippen molar-refractivity contribution < 1.29 is 16.1 Å². The maximum atomic E-state index is 4.20. The molecule has 3 aromatic rings. The van der Waals surface area contributed by atoms with Crippen LogP contribution in [-0.2, 0) is 16.1 Å². The number of nitrogens with one attached hydrogen (secondary N) is 1. The second kappa shape index (κ2) is 12.8. The molecule has 35 heavy (non-hydrogen) atoms. The molecule has 0 heterocycles. The molecular weight excluding hydrogens is 474 g/mol. The minimum Gasteiger partial charge on any atom is -0.0622 e. The van der Waals surface area contributed by atoms with Gasteiger partial charge < -0.3 is 0 Å². The Kier molecular flexibility index (Phi) is 10.1. The van der Waals surface area contributed by atoms with Gasteiger partial charge in [0.2, 0.25) is 0 Å². The fourth-order valence-corrected chi connectivity index (χ4v) is 22.8. The summed E-state index contributed by atoms with van der Waals surface area (Å²) in [5, 5.41) is 4.27. The number of benzene rings is 3. The van der Waals surface area contributed by atoms with Crippen molar-refractivity contribution in [3.8, 4) is 11.1 Å². The predicted octanol–water partition coefficient (Wildman–Crippen LogP) is 7.51. The van der Waals surface area contributed by atoms with Crippen LogP contribution >= 0.6 is 0 Å². The maximum Gasteiger partial charge on any atom is -0.0184 e. The molecule has 0 saturated heterocycles. The molecule has 1 aliphatic rings. The van der Waals surface area contributed by atoms with E-state index in [0.29, 0.717) is 12.0 Å². The molecule has 0 saturated carbocycles. The van der Waals surface area contributed by atoms with Crippen LogP contribution in [0.3, 0.4) is 0 Å². The molecule has 0 aliphatic heterocycles. The molecule has 0 amide bonds. The van der Waals surface area contributed by atoms with Gasteiger partial charge in [-0.05, 0) is 11.1 Å². The first-order valence-electron chi connectivity index (χ1n) is 13.1. The monoisotopic (exact) mass is 517 g/mol. The Bertz CT molecular complexity index is 1100. The summed E-state index contributed by atoms with van der Waals surface area (Å²) in [4.78, 5) is 0. The van der Waals surface area contributed by atoms with E-state index in [-0.39, 0.29) is 7.39 Å². The van der Waals surface area contributed by atoms with E-state index >= 15 is 0 Å². The summed E-state index contributed by atoms with van der Waals surface area (Å²) in [7, 11) is -0.292. The fourth-order valence-electron chi connectivity index (χ4n) is 5.39. The zero-order valence-electron chi connectivity index (χ0n) is 22.7. The third-order valence-electron chi connectivity index (χ3n) is 7.69. The molecule has 0 fully saturated rings. The molecular formula is C32H43NSiTi. The molecule has 0 spiro atoms. The minimum atomic E-state index is -2.24. The topological polar surface area (TPSA) is 12.0 Å². The summed E-state index contributed by atoms with van der Waals surface area (Å²) in [6.45, 7) is 14.1. The van der Waals surface area contributed by atoms with Gasteiger partial charge in [-0.1, -0.05) is 60.7 Å². The van der Waals surface area contributed by atoms with Crippen LogP contribution in [0.5, 0.6) is 0 Å². The van der Waals surface area contributed by atoms with Crippen molar-refractivity contribution >= 4 is 12.6 Å². The summed E-state index contributed by atoms with van der Waals surface area (Å²) < 4.78 is 6.03. The number of hydrogen-bond donors (Lipinski definition) is 1. The smallest absolute Gasteiger partial charge is 0.0184 e. The second-order valence-corrected chi connectivity index (χ2v) is 24.4. The molecule has 1 N–H and O–H groups in total. The fraction of sp³-hybridized carbons (Fsp3) is 0.312. The van der Waals surface area contributed by atoms with Crippen LogP contribution in [0.25, 0.3) is 11.1 Å². The van der Waals surface area contributed by atoms with Gasteiger partial charge in [-0.3, -0.25) is 0 Å². The van der Waals surface area contributed by atoms with E-state index in [1.807, 2.05) is 16.0 Å². The van der Waals surface area contributed by atoms with E-state index in [4.69, 9.17) is 0 Å². The van der Waals surface area contributed by atoms with Crippen LogP contribution in [0.2, 0.25) is 5.23 Å². The van der Waals surface area contributed by atoms with E-state index in [0.717, 1.165) is 0 Å². The molecule has 184 valence electrons. The molecule has 1 aliphatic carbocycles. The summed E-state index contributed by atoms with van der Waals surface area (Å²) >= 11 is -2.24. The molecule has 4 rings (SSSR count). The third-order valence-corrected chi connectivity index (χ3v) is 21.8. The van der Waals surface area contributed by atoms with Gasteiger partial charge in [0.25, 0.3) is 0 Å². The van der Waals surface area contributed by atoms with Gasteiger partial charge in [-0.25, -0.2) is 0 Å². The predicted molar refractivity (Wildman–Crippen MR) is 155 cm³/mol. The Labute approximate surface area is 219 Å². The summed E-state index contributed by atoms with van der Waals surface area (Å²) in [5.74, 6) is 0.646. The van der Waals surface area contributed by atoms with Gasteiger partial charge in [0.1, 0.15) is 0 Å². The molecule has 3 unspecified atom stereocenters. The van der Waals surface area contributed by atoms with E-state index in [9.17, 15) is 0 Å². The van der Waals surface area contributed by atoms with Gasteiger partial charge in [-0.15, -0.1) is 0 Å². The first-order valence-corrected chi connectivity index (χ1v) is 20.9. The van der Waals surface area contributed by atoms with E-state index in [2.05, 4.69) is 129 Å². The van der Waals surface area contributed by atoms with Crippen LogP contribution < -0.4 is 8.99 Å². The molecule has 1 nitrogen and oxygen atoms in total. The Balaban J connectivity index is 0.000000237. The van der Waals surface area contributed by atoms with Gasteiger partial charge in [0.05, 0.1) is 0 Å². The molecule has 0 bridgehead atoms. The van der Waals surface area contributed by atoms with Crippen LogP contribution in [0, 0.1) is 5.92 Å². The third kappa shape index (κ3) is 7.05. The molecule has 3 atom stereocenters. The van der Waals surface area contributed by atoms with Crippen molar-refractivity contribution in [1.29, 1.82) is 0 Å². The van der Waals surface area contributed by atoms with Crippen LogP contribution in [0.15, 0.2) is 112 Å². The Morgan fingerprint density at radius 1 is 0.771 bits per heavy atom. The number of hydrogen-bond acceptors (Lipinski definition) is 1. The standard InChI is InChI=1S/C12H10.C9H13.C6H7Si.C4H10N.CH3.Ti/c1-3-7-11(8-4-1)12-9-5-2-6-10-12;1-6-5-7(2)9(4)8(6)3;7-6-4-2-1-3-5-6;1-3-4(2)5;;/h1-10H;6H,1-4H3;1-5H,7H2;4-5H,3H2,1-2H3;1H3;/q;;;-1;;+1.